The quantitative estimate of drug-likeness (QED) is 0.733. The molecule has 0 atom stereocenters. The second-order valence-corrected chi connectivity index (χ2v) is 7.87. The van der Waals surface area contributed by atoms with Crippen molar-refractivity contribution in [2.75, 3.05) is 5.75 Å². The molecule has 4 heteroatoms. The molecule has 0 aliphatic heterocycles. The molecular weight excluding hydrogens is 212 g/mol. The van der Waals surface area contributed by atoms with E-state index in [4.69, 9.17) is 0 Å². The lowest BCUT2D eigenvalue weighted by Crippen LogP contribution is -2.22. The van der Waals surface area contributed by atoms with Gasteiger partial charge in [0, 0.05) is 11.8 Å². The van der Waals surface area contributed by atoms with Gasteiger partial charge in [-0.05, 0) is 20.3 Å². The maximum Gasteiger partial charge on any atom is 0.152 e. The van der Waals surface area contributed by atoms with Crippen LogP contribution in [-0.4, -0.2) is 25.2 Å². The second-order valence-electron chi connectivity index (χ2n) is 5.19. The summed E-state index contributed by atoms with van der Waals surface area (Å²) in [5.41, 5.74) is -0.360. The molecule has 0 aliphatic carbocycles. The maximum absolute atomic E-state index is 11.5. The van der Waals surface area contributed by atoms with E-state index in [9.17, 15) is 13.2 Å². The smallest absolute Gasteiger partial charge is 0.152 e. The molecule has 0 saturated carbocycles. The van der Waals surface area contributed by atoms with E-state index >= 15 is 0 Å². The van der Waals surface area contributed by atoms with E-state index in [0.29, 0.717) is 12.8 Å². The van der Waals surface area contributed by atoms with Crippen LogP contribution in [-0.2, 0) is 14.6 Å². The Labute approximate surface area is 93.2 Å². The molecule has 90 valence electrons. The van der Waals surface area contributed by atoms with Crippen LogP contribution in [0.2, 0.25) is 0 Å². The molecule has 0 aromatic carbocycles. The minimum Gasteiger partial charge on any atom is -0.299 e. The zero-order valence-corrected chi connectivity index (χ0v) is 11.1. The number of sulfone groups is 1. The van der Waals surface area contributed by atoms with Crippen molar-refractivity contribution in [2.45, 2.75) is 52.7 Å². The first-order valence-electron chi connectivity index (χ1n) is 5.32. The van der Waals surface area contributed by atoms with E-state index in [1.807, 2.05) is 20.8 Å². The van der Waals surface area contributed by atoms with E-state index in [2.05, 4.69) is 0 Å². The van der Waals surface area contributed by atoms with Crippen molar-refractivity contribution in [2.24, 2.45) is 5.41 Å². The molecular formula is C11H22O3S. The van der Waals surface area contributed by atoms with E-state index < -0.39 is 9.84 Å². The highest BCUT2D eigenvalue weighted by atomic mass is 32.2. The number of carbonyl (C=O) groups excluding carboxylic acids is 1. The Balaban J connectivity index is 4.08. The van der Waals surface area contributed by atoms with E-state index in [1.54, 1.807) is 13.8 Å². The summed E-state index contributed by atoms with van der Waals surface area (Å²) in [7, 11) is -2.99. The molecule has 0 unspecified atom stereocenters. The van der Waals surface area contributed by atoms with Gasteiger partial charge in [-0.1, -0.05) is 20.8 Å². The molecule has 0 amide bonds. The lowest BCUT2D eigenvalue weighted by atomic mass is 9.88. The van der Waals surface area contributed by atoms with Crippen LogP contribution in [0.4, 0.5) is 0 Å². The summed E-state index contributed by atoms with van der Waals surface area (Å²) < 4.78 is 22.9. The van der Waals surface area contributed by atoms with Crippen molar-refractivity contribution in [3.05, 3.63) is 0 Å². The Morgan fingerprint density at radius 1 is 1.20 bits per heavy atom. The van der Waals surface area contributed by atoms with Gasteiger partial charge in [-0.2, -0.15) is 0 Å². The summed E-state index contributed by atoms with van der Waals surface area (Å²) in [6, 6.07) is 0. The Kier molecular flexibility index (Phi) is 4.97. The summed E-state index contributed by atoms with van der Waals surface area (Å²) in [5.74, 6) is 0.244. The third-order valence-electron chi connectivity index (χ3n) is 2.39. The molecule has 0 rings (SSSR count). The highest BCUT2D eigenvalue weighted by molar-refractivity contribution is 7.91. The Morgan fingerprint density at radius 3 is 2.00 bits per heavy atom. The maximum atomic E-state index is 11.5. The van der Waals surface area contributed by atoms with Crippen LogP contribution < -0.4 is 0 Å². The topological polar surface area (TPSA) is 51.2 Å². The minimum absolute atomic E-state index is 0.118. The van der Waals surface area contributed by atoms with Crippen LogP contribution >= 0.6 is 0 Å². The van der Waals surface area contributed by atoms with Gasteiger partial charge in [0.15, 0.2) is 9.84 Å². The van der Waals surface area contributed by atoms with Gasteiger partial charge in [-0.25, -0.2) is 8.42 Å². The Morgan fingerprint density at radius 2 is 1.67 bits per heavy atom. The first-order valence-corrected chi connectivity index (χ1v) is 7.04. The summed E-state index contributed by atoms with van der Waals surface area (Å²) in [4.78, 5) is 11.5. The molecule has 0 N–H and O–H groups in total. The van der Waals surface area contributed by atoms with Crippen LogP contribution in [0.15, 0.2) is 0 Å². The van der Waals surface area contributed by atoms with Crippen LogP contribution in [0, 0.1) is 5.41 Å². The fourth-order valence-electron chi connectivity index (χ4n) is 1.04. The van der Waals surface area contributed by atoms with Crippen molar-refractivity contribution in [3.63, 3.8) is 0 Å². The average molecular weight is 234 g/mol. The van der Waals surface area contributed by atoms with Crippen LogP contribution in [0.3, 0.4) is 0 Å². The number of carbonyl (C=O) groups is 1. The van der Waals surface area contributed by atoms with Crippen molar-refractivity contribution < 1.29 is 13.2 Å². The molecule has 0 heterocycles. The molecule has 0 saturated heterocycles. The molecule has 0 fully saturated rings. The normalized spacial score (nSPS) is 13.2. The summed E-state index contributed by atoms with van der Waals surface area (Å²) in [6.45, 7) is 8.90. The second kappa shape index (κ2) is 5.10. The van der Waals surface area contributed by atoms with Gasteiger partial charge >= 0.3 is 0 Å². The first-order chi connectivity index (χ1) is 6.57. The van der Waals surface area contributed by atoms with Gasteiger partial charge in [-0.3, -0.25) is 4.79 Å². The number of hydrogen-bond donors (Lipinski definition) is 0. The largest absolute Gasteiger partial charge is 0.299 e. The number of ketones is 1. The van der Waals surface area contributed by atoms with Gasteiger partial charge in [-0.15, -0.1) is 0 Å². The van der Waals surface area contributed by atoms with Crippen molar-refractivity contribution >= 4 is 15.6 Å². The van der Waals surface area contributed by atoms with Gasteiger partial charge in [0.2, 0.25) is 0 Å². The lowest BCUT2D eigenvalue weighted by molar-refractivity contribution is -0.126. The van der Waals surface area contributed by atoms with Gasteiger partial charge < -0.3 is 0 Å². The predicted octanol–water partition coefficient (Wildman–Crippen LogP) is 2.21. The zero-order valence-electron chi connectivity index (χ0n) is 10.3. The fourth-order valence-corrected chi connectivity index (χ4v) is 2.06. The van der Waals surface area contributed by atoms with Crippen molar-refractivity contribution in [1.82, 2.24) is 0 Å². The van der Waals surface area contributed by atoms with Crippen LogP contribution in [0.25, 0.3) is 0 Å². The van der Waals surface area contributed by atoms with Crippen molar-refractivity contribution in [3.8, 4) is 0 Å². The number of hydrogen-bond acceptors (Lipinski definition) is 3. The molecule has 0 bridgehead atoms. The molecule has 0 spiro atoms. The highest BCUT2D eigenvalue weighted by Crippen LogP contribution is 2.18. The standard InChI is InChI=1S/C11H22O3S/c1-9(2)15(13,14)8-6-7-10(12)11(3,4)5/h9H,6-8H2,1-5H3. The molecule has 0 aromatic heterocycles. The monoisotopic (exact) mass is 234 g/mol. The van der Waals surface area contributed by atoms with E-state index in [0.717, 1.165) is 0 Å². The average Bonchev–Trinajstić information content (AvgIpc) is 2.01. The predicted molar refractivity (Wildman–Crippen MR) is 62.6 cm³/mol. The zero-order chi connectivity index (χ0) is 12.3. The first kappa shape index (κ1) is 14.6. The van der Waals surface area contributed by atoms with E-state index in [-0.39, 0.29) is 22.2 Å². The van der Waals surface area contributed by atoms with Gasteiger partial charge in [0.05, 0.1) is 11.0 Å². The molecule has 15 heavy (non-hydrogen) atoms. The van der Waals surface area contributed by atoms with E-state index in [1.165, 1.54) is 0 Å². The summed E-state index contributed by atoms with van der Waals surface area (Å²) in [5, 5.41) is -0.345. The molecule has 0 aliphatic rings. The third-order valence-corrected chi connectivity index (χ3v) is 4.68. The van der Waals surface area contributed by atoms with Crippen LogP contribution in [0.5, 0.6) is 0 Å². The molecule has 3 nitrogen and oxygen atoms in total. The highest BCUT2D eigenvalue weighted by Gasteiger charge is 2.22. The van der Waals surface area contributed by atoms with Crippen molar-refractivity contribution in [1.29, 1.82) is 0 Å². The molecule has 0 radical (unpaired) electrons. The number of Topliss-reactive ketones (excluding diaryl/α,β-unsaturated/α-hetero) is 1. The SMILES string of the molecule is CC(C)S(=O)(=O)CCCC(=O)C(C)(C)C. The van der Waals surface area contributed by atoms with Crippen LogP contribution in [0.1, 0.15) is 47.5 Å². The minimum atomic E-state index is -2.99. The third kappa shape index (κ3) is 5.30. The summed E-state index contributed by atoms with van der Waals surface area (Å²) >= 11 is 0. The van der Waals surface area contributed by atoms with Gasteiger partial charge in [0.1, 0.15) is 5.78 Å². The lowest BCUT2D eigenvalue weighted by Gasteiger charge is -2.16. The number of rotatable bonds is 5. The fraction of sp³-hybridized carbons (Fsp3) is 0.909. The van der Waals surface area contributed by atoms with Gasteiger partial charge in [0.25, 0.3) is 0 Å². The molecule has 0 aromatic rings. The Bertz CT molecular complexity index is 307. The Hall–Kier alpha value is -0.380. The summed E-state index contributed by atoms with van der Waals surface area (Å²) in [6.07, 6.45) is 0.798.